The Kier molecular flexibility index (Phi) is 2.85. The first kappa shape index (κ1) is 10.6. The summed E-state index contributed by atoms with van der Waals surface area (Å²) in [6, 6.07) is 0.594. The fraction of sp³-hybridized carbons (Fsp3) is 0.143. The molecule has 1 heterocycles. The molecule has 4 nitrogen and oxygen atoms in total. The fourth-order valence-corrected chi connectivity index (χ4v) is 1.12. The Morgan fingerprint density at radius 2 is 2.14 bits per heavy atom. The SMILES string of the molecule is Nc1[nH]c(C(F)F)cc(=O)c1C(=O)Cl. The molecule has 0 radical (unpaired) electrons. The molecular formula is C7H5ClF2N2O2. The highest BCUT2D eigenvalue weighted by molar-refractivity contribution is 6.68. The van der Waals surface area contributed by atoms with Crippen molar-refractivity contribution in [2.45, 2.75) is 6.43 Å². The van der Waals surface area contributed by atoms with Gasteiger partial charge in [0.15, 0.2) is 5.43 Å². The topological polar surface area (TPSA) is 76.0 Å². The number of carbonyl (C=O) groups excluding carboxylic acids is 1. The maximum absolute atomic E-state index is 12.1. The molecule has 0 saturated carbocycles. The summed E-state index contributed by atoms with van der Waals surface area (Å²) >= 11 is 5.02. The highest BCUT2D eigenvalue weighted by Crippen LogP contribution is 2.17. The number of nitrogen functional groups attached to an aromatic ring is 1. The van der Waals surface area contributed by atoms with Gasteiger partial charge >= 0.3 is 0 Å². The molecule has 0 bridgehead atoms. The fourth-order valence-electron chi connectivity index (χ4n) is 0.921. The number of halogens is 3. The number of H-pyrrole nitrogens is 1. The standard InChI is InChI=1S/C7H5ClF2N2O2/c8-5(14)4-3(13)1-2(6(9)10)12-7(4)11/h1,6H,(H3,11,12,13). The van der Waals surface area contributed by atoms with E-state index in [0.29, 0.717) is 6.07 Å². The summed E-state index contributed by atoms with van der Waals surface area (Å²) in [6.45, 7) is 0. The van der Waals surface area contributed by atoms with Crippen molar-refractivity contribution in [3.05, 3.63) is 27.5 Å². The van der Waals surface area contributed by atoms with Crippen LogP contribution in [-0.2, 0) is 0 Å². The van der Waals surface area contributed by atoms with E-state index in [2.05, 4.69) is 0 Å². The molecule has 0 amide bonds. The van der Waals surface area contributed by atoms with Gasteiger partial charge in [-0.3, -0.25) is 9.59 Å². The van der Waals surface area contributed by atoms with Crippen LogP contribution in [0.3, 0.4) is 0 Å². The third kappa shape index (κ3) is 1.90. The smallest absolute Gasteiger partial charge is 0.278 e. The second-order valence-corrected chi connectivity index (χ2v) is 2.80. The van der Waals surface area contributed by atoms with Crippen LogP contribution in [0.4, 0.5) is 14.6 Å². The van der Waals surface area contributed by atoms with Gasteiger partial charge in [-0.15, -0.1) is 0 Å². The maximum atomic E-state index is 12.1. The molecule has 3 N–H and O–H groups in total. The van der Waals surface area contributed by atoms with Crippen LogP contribution in [-0.4, -0.2) is 10.2 Å². The van der Waals surface area contributed by atoms with E-state index in [-0.39, 0.29) is 0 Å². The normalized spacial score (nSPS) is 10.6. The maximum Gasteiger partial charge on any atom is 0.278 e. The lowest BCUT2D eigenvalue weighted by Gasteiger charge is -2.03. The van der Waals surface area contributed by atoms with Crippen LogP contribution in [0, 0.1) is 0 Å². The number of aromatic nitrogens is 1. The summed E-state index contributed by atoms with van der Waals surface area (Å²) in [7, 11) is 0. The van der Waals surface area contributed by atoms with Gasteiger partial charge in [-0.05, 0) is 11.6 Å². The number of rotatable bonds is 2. The number of hydrogen-bond donors (Lipinski definition) is 2. The molecule has 0 fully saturated rings. The summed E-state index contributed by atoms with van der Waals surface area (Å²) < 4.78 is 24.2. The zero-order valence-corrected chi connectivity index (χ0v) is 7.44. The van der Waals surface area contributed by atoms with E-state index in [4.69, 9.17) is 17.3 Å². The van der Waals surface area contributed by atoms with Gasteiger partial charge in [0, 0.05) is 6.07 Å². The van der Waals surface area contributed by atoms with E-state index in [9.17, 15) is 18.4 Å². The molecule has 76 valence electrons. The number of aromatic amines is 1. The molecule has 1 aromatic rings. The predicted molar refractivity (Wildman–Crippen MR) is 46.6 cm³/mol. The number of anilines is 1. The van der Waals surface area contributed by atoms with Gasteiger partial charge in [0.1, 0.15) is 11.4 Å². The largest absolute Gasteiger partial charge is 0.384 e. The highest BCUT2D eigenvalue weighted by atomic mass is 35.5. The van der Waals surface area contributed by atoms with Crippen molar-refractivity contribution in [1.82, 2.24) is 4.98 Å². The minimum atomic E-state index is -2.86. The number of nitrogens with two attached hydrogens (primary N) is 1. The van der Waals surface area contributed by atoms with E-state index in [1.807, 2.05) is 4.98 Å². The average Bonchev–Trinajstić information content (AvgIpc) is 2.01. The van der Waals surface area contributed by atoms with Crippen LogP contribution < -0.4 is 11.2 Å². The Labute approximate surface area is 81.7 Å². The second-order valence-electron chi connectivity index (χ2n) is 2.45. The van der Waals surface area contributed by atoms with Crippen LogP contribution in [0.5, 0.6) is 0 Å². The first-order chi connectivity index (χ1) is 6.43. The van der Waals surface area contributed by atoms with Crippen LogP contribution in [0.25, 0.3) is 0 Å². The van der Waals surface area contributed by atoms with Crippen molar-refractivity contribution < 1.29 is 13.6 Å². The zero-order chi connectivity index (χ0) is 10.9. The third-order valence-electron chi connectivity index (χ3n) is 1.51. The first-order valence-corrected chi connectivity index (χ1v) is 3.82. The van der Waals surface area contributed by atoms with Gasteiger partial charge in [-0.1, -0.05) is 0 Å². The van der Waals surface area contributed by atoms with Crippen molar-refractivity contribution in [2.75, 3.05) is 5.73 Å². The molecule has 1 rings (SSSR count). The molecule has 14 heavy (non-hydrogen) atoms. The zero-order valence-electron chi connectivity index (χ0n) is 6.68. The number of alkyl halides is 2. The summed E-state index contributed by atoms with van der Waals surface area (Å²) in [6.07, 6.45) is -2.86. The van der Waals surface area contributed by atoms with Gasteiger partial charge < -0.3 is 10.7 Å². The predicted octanol–water partition coefficient (Wildman–Crippen LogP) is 1.27. The van der Waals surface area contributed by atoms with Crippen molar-refractivity contribution in [3.63, 3.8) is 0 Å². The van der Waals surface area contributed by atoms with Crippen LogP contribution in [0.15, 0.2) is 10.9 Å². The number of carbonyl (C=O) groups is 1. The Hall–Kier alpha value is -1.43. The Morgan fingerprint density at radius 3 is 2.50 bits per heavy atom. The van der Waals surface area contributed by atoms with Crippen LogP contribution in [0.2, 0.25) is 0 Å². The summed E-state index contributed by atoms with van der Waals surface area (Å²) in [5.41, 5.74) is 3.09. The number of nitrogens with one attached hydrogen (secondary N) is 1. The minimum Gasteiger partial charge on any atom is -0.384 e. The molecular weight excluding hydrogens is 218 g/mol. The minimum absolute atomic E-state index is 0.451. The van der Waals surface area contributed by atoms with E-state index < -0.39 is 34.2 Å². The molecule has 0 saturated heterocycles. The van der Waals surface area contributed by atoms with Crippen LogP contribution >= 0.6 is 11.6 Å². The highest BCUT2D eigenvalue weighted by Gasteiger charge is 2.16. The molecule has 0 aliphatic carbocycles. The van der Waals surface area contributed by atoms with Crippen LogP contribution in [0.1, 0.15) is 22.5 Å². The first-order valence-electron chi connectivity index (χ1n) is 3.44. The third-order valence-corrected chi connectivity index (χ3v) is 1.70. The molecule has 0 unspecified atom stereocenters. The van der Waals surface area contributed by atoms with Gasteiger partial charge in [0.05, 0.1) is 5.69 Å². The van der Waals surface area contributed by atoms with Crippen molar-refractivity contribution in [2.24, 2.45) is 0 Å². The molecule has 0 aliphatic heterocycles. The van der Waals surface area contributed by atoms with E-state index in [0.717, 1.165) is 0 Å². The van der Waals surface area contributed by atoms with E-state index in [1.54, 1.807) is 0 Å². The average molecular weight is 223 g/mol. The van der Waals surface area contributed by atoms with Gasteiger partial charge in [0.25, 0.3) is 11.7 Å². The Bertz CT molecular complexity index is 430. The molecule has 0 spiro atoms. The van der Waals surface area contributed by atoms with E-state index >= 15 is 0 Å². The number of hydrogen-bond acceptors (Lipinski definition) is 3. The van der Waals surface area contributed by atoms with Crippen molar-refractivity contribution in [1.29, 1.82) is 0 Å². The summed E-state index contributed by atoms with van der Waals surface area (Å²) in [5.74, 6) is -0.451. The molecule has 0 aromatic carbocycles. The quantitative estimate of drug-likeness (QED) is 0.740. The second kappa shape index (κ2) is 3.75. The van der Waals surface area contributed by atoms with Crippen molar-refractivity contribution >= 4 is 22.7 Å². The van der Waals surface area contributed by atoms with Crippen molar-refractivity contribution in [3.8, 4) is 0 Å². The Balaban J connectivity index is 3.40. The molecule has 7 heteroatoms. The molecule has 1 aromatic heterocycles. The Morgan fingerprint density at radius 1 is 1.57 bits per heavy atom. The van der Waals surface area contributed by atoms with Gasteiger partial charge in [0.2, 0.25) is 0 Å². The van der Waals surface area contributed by atoms with Gasteiger partial charge in [-0.25, -0.2) is 8.78 Å². The molecule has 0 aliphatic rings. The van der Waals surface area contributed by atoms with Gasteiger partial charge in [-0.2, -0.15) is 0 Å². The number of pyridine rings is 1. The lowest BCUT2D eigenvalue weighted by atomic mass is 10.2. The lowest BCUT2D eigenvalue weighted by Crippen LogP contribution is -2.17. The lowest BCUT2D eigenvalue weighted by molar-refractivity contribution is 0.108. The molecule has 0 atom stereocenters. The summed E-state index contributed by atoms with van der Waals surface area (Å²) in [5, 5.41) is -1.08. The monoisotopic (exact) mass is 222 g/mol. The van der Waals surface area contributed by atoms with E-state index in [1.165, 1.54) is 0 Å². The summed E-state index contributed by atoms with van der Waals surface area (Å²) in [4.78, 5) is 23.7.